The molecule has 0 aromatic carbocycles. The van der Waals surface area contributed by atoms with E-state index in [2.05, 4.69) is 25.7 Å². The van der Waals surface area contributed by atoms with E-state index in [9.17, 15) is 4.79 Å². The first-order valence-electron chi connectivity index (χ1n) is 4.68. The quantitative estimate of drug-likeness (QED) is 0.640. The molecule has 0 atom stereocenters. The fourth-order valence-corrected chi connectivity index (χ4v) is 1.76. The van der Waals surface area contributed by atoms with Gasteiger partial charge in [0, 0.05) is 19.5 Å². The first-order chi connectivity index (χ1) is 5.70. The van der Waals surface area contributed by atoms with E-state index in [1.54, 1.807) is 0 Å². The lowest BCUT2D eigenvalue weighted by Gasteiger charge is -2.22. The van der Waals surface area contributed by atoms with Gasteiger partial charge in [0.05, 0.1) is 5.70 Å². The summed E-state index contributed by atoms with van der Waals surface area (Å²) in [4.78, 5) is 13.6. The minimum atomic E-state index is 0.330. The second kappa shape index (κ2) is 3.74. The number of allylic oxidation sites excluding steroid dienone is 2. The maximum Gasteiger partial charge on any atom is 0.179 e. The molecule has 2 heteroatoms. The smallest absolute Gasteiger partial charge is 0.179 e. The van der Waals surface area contributed by atoms with E-state index in [0.29, 0.717) is 5.78 Å². The molecule has 0 radical (unpaired) electrons. The van der Waals surface area contributed by atoms with Crippen LogP contribution in [-0.2, 0) is 4.79 Å². The molecule has 0 saturated heterocycles. The molecular weight excluding hydrogens is 150 g/mol. The van der Waals surface area contributed by atoms with Crippen molar-refractivity contribution in [2.75, 3.05) is 13.1 Å². The van der Waals surface area contributed by atoms with Gasteiger partial charge in [0.25, 0.3) is 0 Å². The summed E-state index contributed by atoms with van der Waals surface area (Å²) >= 11 is 0. The first kappa shape index (κ1) is 9.30. The van der Waals surface area contributed by atoms with Crippen molar-refractivity contribution >= 4 is 5.78 Å². The van der Waals surface area contributed by atoms with Gasteiger partial charge in [-0.3, -0.25) is 4.79 Å². The zero-order valence-corrected chi connectivity index (χ0v) is 8.18. The Morgan fingerprint density at radius 1 is 1.25 bits per heavy atom. The molecule has 1 rings (SSSR count). The number of likely N-dealkylation sites (N-methyl/N-ethyl adjacent to an activating group) is 1. The normalized spacial score (nSPS) is 17.4. The van der Waals surface area contributed by atoms with E-state index in [1.165, 1.54) is 5.57 Å². The third-order valence-electron chi connectivity index (χ3n) is 2.48. The topological polar surface area (TPSA) is 20.3 Å². The van der Waals surface area contributed by atoms with Gasteiger partial charge in [-0.15, -0.1) is 0 Å². The number of hydrogen-bond acceptors (Lipinski definition) is 2. The van der Waals surface area contributed by atoms with Crippen molar-refractivity contribution in [3.63, 3.8) is 0 Å². The molecule has 0 bridgehead atoms. The molecule has 0 aromatic rings. The van der Waals surface area contributed by atoms with Crippen LogP contribution in [0.5, 0.6) is 0 Å². The highest BCUT2D eigenvalue weighted by atomic mass is 16.1. The zero-order valence-electron chi connectivity index (χ0n) is 8.18. The molecule has 0 aliphatic heterocycles. The van der Waals surface area contributed by atoms with Crippen LogP contribution in [-0.4, -0.2) is 23.8 Å². The second-order valence-corrected chi connectivity index (χ2v) is 3.22. The van der Waals surface area contributed by atoms with Crippen LogP contribution >= 0.6 is 0 Å². The molecule has 0 heterocycles. The third-order valence-corrected chi connectivity index (χ3v) is 2.48. The summed E-state index contributed by atoms with van der Waals surface area (Å²) in [6, 6.07) is 0. The van der Waals surface area contributed by atoms with Crippen molar-refractivity contribution in [3.05, 3.63) is 11.3 Å². The number of ketones is 1. The standard InChI is InChI=1S/C10H17NO/c1-4-11(5-2)10-8(3)6-7-9(10)12/h4-7H2,1-3H3. The van der Waals surface area contributed by atoms with Crippen molar-refractivity contribution in [3.8, 4) is 0 Å². The van der Waals surface area contributed by atoms with Gasteiger partial charge < -0.3 is 4.90 Å². The van der Waals surface area contributed by atoms with Gasteiger partial charge in [0.15, 0.2) is 5.78 Å². The van der Waals surface area contributed by atoms with Gasteiger partial charge in [-0.25, -0.2) is 0 Å². The van der Waals surface area contributed by atoms with Crippen LogP contribution in [0.15, 0.2) is 11.3 Å². The molecule has 1 aliphatic carbocycles. The number of rotatable bonds is 3. The summed E-state index contributed by atoms with van der Waals surface area (Å²) in [6.45, 7) is 8.13. The summed E-state index contributed by atoms with van der Waals surface area (Å²) in [5, 5.41) is 0. The molecule has 0 aromatic heterocycles. The molecule has 0 N–H and O–H groups in total. The maximum absolute atomic E-state index is 11.4. The van der Waals surface area contributed by atoms with Gasteiger partial charge in [0.1, 0.15) is 0 Å². The Labute approximate surface area is 74.2 Å². The highest BCUT2D eigenvalue weighted by molar-refractivity contribution is 5.97. The van der Waals surface area contributed by atoms with E-state index in [-0.39, 0.29) is 0 Å². The Balaban J connectivity index is 2.83. The van der Waals surface area contributed by atoms with E-state index in [4.69, 9.17) is 0 Å². The van der Waals surface area contributed by atoms with Crippen molar-refractivity contribution < 1.29 is 4.79 Å². The predicted molar refractivity (Wildman–Crippen MR) is 49.9 cm³/mol. The van der Waals surface area contributed by atoms with Crippen LogP contribution in [0.3, 0.4) is 0 Å². The Hall–Kier alpha value is -0.790. The molecule has 0 fully saturated rings. The lowest BCUT2D eigenvalue weighted by molar-refractivity contribution is -0.116. The lowest BCUT2D eigenvalue weighted by atomic mass is 10.2. The SMILES string of the molecule is CCN(CC)C1=C(C)CCC1=O. The van der Waals surface area contributed by atoms with E-state index >= 15 is 0 Å². The number of nitrogens with zero attached hydrogens (tertiary/aromatic N) is 1. The Kier molecular flexibility index (Phi) is 2.90. The van der Waals surface area contributed by atoms with Gasteiger partial charge in [-0.05, 0) is 32.8 Å². The van der Waals surface area contributed by atoms with Crippen LogP contribution in [0.1, 0.15) is 33.6 Å². The van der Waals surface area contributed by atoms with Crippen LogP contribution in [0, 0.1) is 0 Å². The molecular formula is C10H17NO. The summed E-state index contributed by atoms with van der Waals surface area (Å²) in [7, 11) is 0. The number of hydrogen-bond donors (Lipinski definition) is 0. The van der Waals surface area contributed by atoms with Crippen molar-refractivity contribution in [1.82, 2.24) is 4.90 Å². The monoisotopic (exact) mass is 167 g/mol. The molecule has 12 heavy (non-hydrogen) atoms. The largest absolute Gasteiger partial charge is 0.369 e. The zero-order chi connectivity index (χ0) is 9.14. The second-order valence-electron chi connectivity index (χ2n) is 3.22. The predicted octanol–water partition coefficient (Wildman–Crippen LogP) is 1.97. The highest BCUT2D eigenvalue weighted by Crippen LogP contribution is 2.24. The fourth-order valence-electron chi connectivity index (χ4n) is 1.76. The number of Topliss-reactive ketones (excluding diaryl/α,β-unsaturated/α-hetero) is 1. The van der Waals surface area contributed by atoms with Crippen LogP contribution in [0.2, 0.25) is 0 Å². The van der Waals surface area contributed by atoms with Crippen molar-refractivity contribution in [2.45, 2.75) is 33.6 Å². The molecule has 0 unspecified atom stereocenters. The molecule has 0 saturated carbocycles. The lowest BCUT2D eigenvalue weighted by Crippen LogP contribution is -2.25. The van der Waals surface area contributed by atoms with Crippen LogP contribution in [0.4, 0.5) is 0 Å². The summed E-state index contributed by atoms with van der Waals surface area (Å²) in [5.74, 6) is 0.330. The summed E-state index contributed by atoms with van der Waals surface area (Å²) < 4.78 is 0. The highest BCUT2D eigenvalue weighted by Gasteiger charge is 2.23. The Morgan fingerprint density at radius 3 is 2.17 bits per heavy atom. The van der Waals surface area contributed by atoms with Crippen LogP contribution in [0.25, 0.3) is 0 Å². The molecule has 1 aliphatic rings. The van der Waals surface area contributed by atoms with Gasteiger partial charge >= 0.3 is 0 Å². The molecule has 0 spiro atoms. The first-order valence-corrected chi connectivity index (χ1v) is 4.68. The third kappa shape index (κ3) is 1.52. The number of carbonyl (C=O) groups is 1. The van der Waals surface area contributed by atoms with Gasteiger partial charge in [-0.2, -0.15) is 0 Å². The minimum absolute atomic E-state index is 0.330. The summed E-state index contributed by atoms with van der Waals surface area (Å²) in [6.07, 6.45) is 1.68. The Morgan fingerprint density at radius 2 is 1.83 bits per heavy atom. The fraction of sp³-hybridized carbons (Fsp3) is 0.700. The average Bonchev–Trinajstić information content (AvgIpc) is 2.38. The van der Waals surface area contributed by atoms with E-state index in [1.807, 2.05) is 0 Å². The van der Waals surface area contributed by atoms with E-state index < -0.39 is 0 Å². The molecule has 2 nitrogen and oxygen atoms in total. The van der Waals surface area contributed by atoms with Crippen LogP contribution < -0.4 is 0 Å². The van der Waals surface area contributed by atoms with Crippen molar-refractivity contribution in [2.24, 2.45) is 0 Å². The van der Waals surface area contributed by atoms with Crippen molar-refractivity contribution in [1.29, 1.82) is 0 Å². The summed E-state index contributed by atoms with van der Waals surface area (Å²) in [5.41, 5.74) is 2.25. The van der Waals surface area contributed by atoms with Gasteiger partial charge in [-0.1, -0.05) is 0 Å². The maximum atomic E-state index is 11.4. The van der Waals surface area contributed by atoms with Gasteiger partial charge in [0.2, 0.25) is 0 Å². The number of carbonyl (C=O) groups excluding carboxylic acids is 1. The average molecular weight is 167 g/mol. The Bertz CT molecular complexity index is 214. The van der Waals surface area contributed by atoms with E-state index in [0.717, 1.165) is 31.6 Å². The molecule has 0 amide bonds. The molecule has 68 valence electrons. The minimum Gasteiger partial charge on any atom is -0.369 e.